The minimum atomic E-state index is -0.296. The molecule has 21 heavy (non-hydrogen) atoms. The average molecular weight is 313 g/mol. The number of anilines is 1. The second-order valence-corrected chi connectivity index (χ2v) is 5.84. The van der Waals surface area contributed by atoms with E-state index in [9.17, 15) is 4.79 Å². The van der Waals surface area contributed by atoms with Crippen molar-refractivity contribution >= 4 is 22.4 Å². The van der Waals surface area contributed by atoms with Crippen molar-refractivity contribution in [2.45, 2.75) is 34.1 Å². The summed E-state index contributed by atoms with van der Waals surface area (Å²) in [7, 11) is 1.41. The number of hydrogen-bond donors (Lipinski definition) is 0. The Balaban J connectivity index is 2.66. The van der Waals surface area contributed by atoms with Gasteiger partial charge in [0.25, 0.3) is 0 Å². The van der Waals surface area contributed by atoms with Gasteiger partial charge in [0.2, 0.25) is 0 Å². The molecule has 1 heterocycles. The Hall–Kier alpha value is -1.14. The Bertz CT molecular complexity index is 444. The van der Waals surface area contributed by atoms with Crippen molar-refractivity contribution < 1.29 is 9.53 Å². The average Bonchev–Trinajstić information content (AvgIpc) is 2.88. The number of aryl methyl sites for hydroxylation is 1. The maximum Gasteiger partial charge on any atom is 0.350 e. The van der Waals surface area contributed by atoms with Gasteiger partial charge in [-0.2, -0.15) is 0 Å². The van der Waals surface area contributed by atoms with Gasteiger partial charge in [-0.1, -0.05) is 25.2 Å². The van der Waals surface area contributed by atoms with Crippen molar-refractivity contribution in [3.8, 4) is 0 Å². The predicted molar refractivity (Wildman–Crippen MR) is 88.5 cm³/mol. The van der Waals surface area contributed by atoms with Crippen LogP contribution in [0.15, 0.2) is 0 Å². The Morgan fingerprint density at radius 2 is 1.86 bits per heavy atom. The molecule has 1 aromatic rings. The fraction of sp³-hybridized carbons (Fsp3) is 0.733. The molecule has 0 amide bonds. The first-order valence-electron chi connectivity index (χ1n) is 7.60. The fourth-order valence-corrected chi connectivity index (χ4v) is 3.29. The molecule has 0 aliphatic carbocycles. The Morgan fingerprint density at radius 3 is 2.38 bits per heavy atom. The summed E-state index contributed by atoms with van der Waals surface area (Å²) >= 11 is 1.42. The first-order valence-corrected chi connectivity index (χ1v) is 8.41. The van der Waals surface area contributed by atoms with Crippen LogP contribution in [0.4, 0.5) is 5.13 Å². The summed E-state index contributed by atoms with van der Waals surface area (Å²) in [4.78, 5) is 21.4. The van der Waals surface area contributed by atoms with Crippen LogP contribution in [0.3, 0.4) is 0 Å². The normalized spacial score (nSPS) is 11.0. The van der Waals surface area contributed by atoms with Gasteiger partial charge in [-0.15, -0.1) is 0 Å². The zero-order chi connectivity index (χ0) is 15.8. The number of thiazole rings is 1. The monoisotopic (exact) mass is 313 g/mol. The number of ether oxygens (including phenoxy) is 1. The van der Waals surface area contributed by atoms with Crippen LogP contribution in [-0.4, -0.2) is 55.7 Å². The van der Waals surface area contributed by atoms with Crippen molar-refractivity contribution in [3.63, 3.8) is 0 Å². The molecule has 1 aromatic heterocycles. The van der Waals surface area contributed by atoms with Crippen LogP contribution in [0.5, 0.6) is 0 Å². The lowest BCUT2D eigenvalue weighted by atomic mass is 10.3. The van der Waals surface area contributed by atoms with E-state index in [0.717, 1.165) is 50.0 Å². The molecule has 0 atom stereocenters. The van der Waals surface area contributed by atoms with Crippen LogP contribution in [0.25, 0.3) is 0 Å². The minimum absolute atomic E-state index is 0.296. The highest BCUT2D eigenvalue weighted by atomic mass is 32.1. The van der Waals surface area contributed by atoms with Crippen molar-refractivity contribution in [1.82, 2.24) is 9.88 Å². The van der Waals surface area contributed by atoms with Crippen LogP contribution in [0.2, 0.25) is 0 Å². The minimum Gasteiger partial charge on any atom is -0.465 e. The van der Waals surface area contributed by atoms with E-state index in [0.29, 0.717) is 4.88 Å². The molecule has 0 aliphatic heterocycles. The summed E-state index contributed by atoms with van der Waals surface area (Å²) in [6.07, 6.45) is 1.10. The molecule has 0 unspecified atom stereocenters. The van der Waals surface area contributed by atoms with E-state index in [2.05, 4.69) is 35.6 Å². The van der Waals surface area contributed by atoms with Gasteiger partial charge in [0, 0.05) is 13.1 Å². The van der Waals surface area contributed by atoms with Crippen molar-refractivity contribution in [2.75, 3.05) is 44.7 Å². The Morgan fingerprint density at radius 1 is 1.19 bits per heavy atom. The van der Waals surface area contributed by atoms with Crippen molar-refractivity contribution in [2.24, 2.45) is 0 Å². The molecule has 120 valence electrons. The highest BCUT2D eigenvalue weighted by Gasteiger charge is 2.18. The first-order chi connectivity index (χ1) is 10.1. The number of rotatable bonds is 9. The highest BCUT2D eigenvalue weighted by Crippen LogP contribution is 2.26. The number of carbonyl (C=O) groups is 1. The molecule has 0 spiro atoms. The fourth-order valence-electron chi connectivity index (χ4n) is 2.21. The van der Waals surface area contributed by atoms with Gasteiger partial charge in [-0.3, -0.25) is 0 Å². The Kier molecular flexibility index (Phi) is 7.67. The second-order valence-electron chi connectivity index (χ2n) is 4.86. The van der Waals surface area contributed by atoms with E-state index in [1.165, 1.54) is 18.4 Å². The molecule has 0 bridgehead atoms. The van der Waals surface area contributed by atoms with E-state index in [4.69, 9.17) is 4.74 Å². The number of aromatic nitrogens is 1. The molecular weight excluding hydrogens is 286 g/mol. The molecule has 0 fully saturated rings. The number of carbonyl (C=O) groups excluding carboxylic acids is 1. The standard InChI is InChI=1S/C15H27N3O2S/c1-6-17(7-2)10-9-11-18(8-3)15-16-12(4)13(21-15)14(19)20-5/h6-11H2,1-5H3. The zero-order valence-electron chi connectivity index (χ0n) is 13.8. The molecule has 0 aromatic carbocycles. The Labute approximate surface area is 131 Å². The molecule has 0 N–H and O–H groups in total. The van der Waals surface area contributed by atoms with Gasteiger partial charge in [0.15, 0.2) is 5.13 Å². The van der Waals surface area contributed by atoms with E-state index >= 15 is 0 Å². The van der Waals surface area contributed by atoms with Crippen LogP contribution in [0, 0.1) is 6.92 Å². The zero-order valence-corrected chi connectivity index (χ0v) is 14.6. The highest BCUT2D eigenvalue weighted by molar-refractivity contribution is 7.17. The largest absolute Gasteiger partial charge is 0.465 e. The quantitative estimate of drug-likeness (QED) is 0.656. The molecule has 0 saturated heterocycles. The van der Waals surface area contributed by atoms with E-state index in [1.807, 2.05) is 6.92 Å². The molecule has 6 heteroatoms. The SMILES string of the molecule is CCN(CC)CCCN(CC)c1nc(C)c(C(=O)OC)s1. The molecule has 1 rings (SSSR count). The third-order valence-corrected chi connectivity index (χ3v) is 4.80. The molecule has 0 saturated carbocycles. The first kappa shape index (κ1) is 17.9. The summed E-state index contributed by atoms with van der Waals surface area (Å²) in [6, 6.07) is 0. The van der Waals surface area contributed by atoms with Crippen LogP contribution in [0.1, 0.15) is 42.6 Å². The number of nitrogens with zero attached hydrogens (tertiary/aromatic N) is 3. The summed E-state index contributed by atoms with van der Waals surface area (Å²) in [5.74, 6) is -0.296. The topological polar surface area (TPSA) is 45.7 Å². The molecule has 0 aliphatic rings. The smallest absolute Gasteiger partial charge is 0.350 e. The van der Waals surface area contributed by atoms with Gasteiger partial charge >= 0.3 is 5.97 Å². The molecular formula is C15H27N3O2S. The lowest BCUT2D eigenvalue weighted by Gasteiger charge is -2.23. The van der Waals surface area contributed by atoms with Crippen molar-refractivity contribution in [1.29, 1.82) is 0 Å². The van der Waals surface area contributed by atoms with Gasteiger partial charge in [0.1, 0.15) is 4.88 Å². The summed E-state index contributed by atoms with van der Waals surface area (Å²) < 4.78 is 4.79. The van der Waals surface area contributed by atoms with Gasteiger partial charge in [-0.05, 0) is 39.9 Å². The van der Waals surface area contributed by atoms with Crippen LogP contribution >= 0.6 is 11.3 Å². The lowest BCUT2D eigenvalue weighted by Crippen LogP contribution is -2.29. The summed E-state index contributed by atoms with van der Waals surface area (Å²) in [5, 5.41) is 0.912. The molecule has 5 nitrogen and oxygen atoms in total. The number of hydrogen-bond acceptors (Lipinski definition) is 6. The van der Waals surface area contributed by atoms with E-state index < -0.39 is 0 Å². The van der Waals surface area contributed by atoms with Gasteiger partial charge in [0.05, 0.1) is 12.8 Å². The summed E-state index contributed by atoms with van der Waals surface area (Å²) in [5.41, 5.74) is 0.754. The van der Waals surface area contributed by atoms with Gasteiger partial charge in [-0.25, -0.2) is 9.78 Å². The maximum absolute atomic E-state index is 11.7. The predicted octanol–water partition coefficient (Wildman–Crippen LogP) is 2.80. The van der Waals surface area contributed by atoms with Crippen molar-refractivity contribution in [3.05, 3.63) is 10.6 Å². The number of esters is 1. The van der Waals surface area contributed by atoms with E-state index in [1.54, 1.807) is 0 Å². The third-order valence-electron chi connectivity index (χ3n) is 3.61. The third kappa shape index (κ3) is 4.97. The number of methoxy groups -OCH3 is 1. The second kappa shape index (κ2) is 9.00. The van der Waals surface area contributed by atoms with E-state index in [-0.39, 0.29) is 5.97 Å². The van der Waals surface area contributed by atoms with Gasteiger partial charge < -0.3 is 14.5 Å². The summed E-state index contributed by atoms with van der Waals surface area (Å²) in [6.45, 7) is 13.5. The van der Waals surface area contributed by atoms with Crippen LogP contribution < -0.4 is 4.90 Å². The maximum atomic E-state index is 11.7. The molecule has 0 radical (unpaired) electrons. The van der Waals surface area contributed by atoms with Crippen LogP contribution in [-0.2, 0) is 4.74 Å². The lowest BCUT2D eigenvalue weighted by molar-refractivity contribution is 0.0605.